The minimum absolute atomic E-state index is 0.0183. The van der Waals surface area contributed by atoms with E-state index in [4.69, 9.17) is 16.3 Å². The van der Waals surface area contributed by atoms with E-state index in [2.05, 4.69) is 15.4 Å². The van der Waals surface area contributed by atoms with Crippen LogP contribution in [-0.2, 0) is 10.0 Å². The van der Waals surface area contributed by atoms with Crippen LogP contribution in [0, 0.1) is 5.82 Å². The average Bonchev–Trinajstić information content (AvgIpc) is 3.16. The van der Waals surface area contributed by atoms with E-state index in [9.17, 15) is 17.6 Å². The lowest BCUT2D eigenvalue weighted by Crippen LogP contribution is -2.36. The van der Waals surface area contributed by atoms with Crippen molar-refractivity contribution in [3.8, 4) is 5.75 Å². The van der Waals surface area contributed by atoms with E-state index in [0.29, 0.717) is 13.0 Å². The zero-order valence-electron chi connectivity index (χ0n) is 15.0. The van der Waals surface area contributed by atoms with Gasteiger partial charge in [0.05, 0.1) is 28.3 Å². The summed E-state index contributed by atoms with van der Waals surface area (Å²) in [6.45, 7) is 1.28. The molecule has 1 amide bonds. The fourth-order valence-electron chi connectivity index (χ4n) is 2.86. The molecule has 1 aliphatic rings. The second kappa shape index (κ2) is 8.44. The molecule has 150 valence electrons. The second-order valence-corrected chi connectivity index (χ2v) is 8.37. The molecule has 10 heteroatoms. The third-order valence-corrected chi connectivity index (χ3v) is 6.13. The molecule has 1 saturated heterocycles. The van der Waals surface area contributed by atoms with Gasteiger partial charge in [0.1, 0.15) is 11.6 Å². The molecule has 0 saturated carbocycles. The molecule has 1 aliphatic heterocycles. The van der Waals surface area contributed by atoms with Gasteiger partial charge in [0, 0.05) is 12.6 Å². The fraction of sp³-hybridized carbons (Fsp3) is 0.278. The van der Waals surface area contributed by atoms with Gasteiger partial charge in [-0.25, -0.2) is 17.5 Å². The van der Waals surface area contributed by atoms with Crippen molar-refractivity contribution in [2.75, 3.05) is 25.5 Å². The lowest BCUT2D eigenvalue weighted by atomic mass is 10.2. The Bertz CT molecular complexity index is 994. The average molecular weight is 428 g/mol. The van der Waals surface area contributed by atoms with Gasteiger partial charge in [-0.2, -0.15) is 0 Å². The third kappa shape index (κ3) is 4.61. The molecule has 2 aromatic carbocycles. The molecule has 1 heterocycles. The van der Waals surface area contributed by atoms with Crippen LogP contribution in [0.2, 0.25) is 5.02 Å². The minimum Gasteiger partial charge on any atom is -0.496 e. The Hall–Kier alpha value is -2.20. The summed E-state index contributed by atoms with van der Waals surface area (Å²) >= 11 is 5.98. The zero-order valence-corrected chi connectivity index (χ0v) is 16.5. The molecule has 3 N–H and O–H groups in total. The molecule has 28 heavy (non-hydrogen) atoms. The highest BCUT2D eigenvalue weighted by Crippen LogP contribution is 2.27. The van der Waals surface area contributed by atoms with Crippen LogP contribution < -0.4 is 20.1 Å². The third-order valence-electron chi connectivity index (χ3n) is 4.28. The van der Waals surface area contributed by atoms with Gasteiger partial charge in [-0.05, 0) is 49.4 Å². The molecule has 0 bridgehead atoms. The van der Waals surface area contributed by atoms with Crippen molar-refractivity contribution in [3.63, 3.8) is 0 Å². The molecule has 1 fully saturated rings. The van der Waals surface area contributed by atoms with Crippen molar-refractivity contribution in [1.82, 2.24) is 10.0 Å². The van der Waals surface area contributed by atoms with Gasteiger partial charge < -0.3 is 15.4 Å². The quantitative estimate of drug-likeness (QED) is 0.657. The maximum absolute atomic E-state index is 13.4. The van der Waals surface area contributed by atoms with Crippen LogP contribution in [0.1, 0.15) is 16.8 Å². The van der Waals surface area contributed by atoms with Crippen molar-refractivity contribution in [2.24, 2.45) is 0 Å². The molecule has 3 rings (SSSR count). The van der Waals surface area contributed by atoms with E-state index in [-0.39, 0.29) is 33.0 Å². The highest BCUT2D eigenvalue weighted by Gasteiger charge is 2.25. The molecule has 0 unspecified atom stereocenters. The van der Waals surface area contributed by atoms with Crippen LogP contribution in [-0.4, -0.2) is 40.6 Å². The standard InChI is InChI=1S/C18H19ClFN3O4S/c1-27-17-5-3-13(28(25,26)23-12-6-7-21-10-12)9-14(17)18(24)22-16-8-11(20)2-4-15(16)19/h2-5,8-9,12,21,23H,6-7,10H2,1H3,(H,22,24)/t12-/m0/s1. The fourth-order valence-corrected chi connectivity index (χ4v) is 4.32. The van der Waals surface area contributed by atoms with Gasteiger partial charge in [-0.3, -0.25) is 4.79 Å². The van der Waals surface area contributed by atoms with Gasteiger partial charge in [0.2, 0.25) is 10.0 Å². The summed E-state index contributed by atoms with van der Waals surface area (Å²) in [6, 6.07) is 7.29. The van der Waals surface area contributed by atoms with Crippen molar-refractivity contribution in [1.29, 1.82) is 0 Å². The minimum atomic E-state index is -3.82. The highest BCUT2D eigenvalue weighted by atomic mass is 35.5. The number of halogens is 2. The SMILES string of the molecule is COc1ccc(S(=O)(=O)N[C@H]2CCNC2)cc1C(=O)Nc1cc(F)ccc1Cl. The summed E-state index contributed by atoms with van der Waals surface area (Å²) in [5.74, 6) is -1.08. The first kappa shape index (κ1) is 20.5. The topological polar surface area (TPSA) is 96.5 Å². The number of hydrogen-bond acceptors (Lipinski definition) is 5. The number of carbonyl (C=O) groups excluding carboxylic acids is 1. The Kier molecular flexibility index (Phi) is 6.19. The summed E-state index contributed by atoms with van der Waals surface area (Å²) < 4.78 is 46.5. The Labute approximate surface area is 167 Å². The Balaban J connectivity index is 1.90. The number of ether oxygens (including phenoxy) is 1. The number of sulfonamides is 1. The molecule has 2 aromatic rings. The zero-order chi connectivity index (χ0) is 20.3. The summed E-state index contributed by atoms with van der Waals surface area (Å²) in [7, 11) is -2.47. The predicted octanol–water partition coefficient (Wildman–Crippen LogP) is 2.38. The van der Waals surface area contributed by atoms with Gasteiger partial charge in [-0.15, -0.1) is 0 Å². The largest absolute Gasteiger partial charge is 0.496 e. The maximum atomic E-state index is 13.4. The molecule has 0 spiro atoms. The van der Waals surface area contributed by atoms with Crippen LogP contribution in [0.5, 0.6) is 5.75 Å². The number of benzene rings is 2. The van der Waals surface area contributed by atoms with Gasteiger partial charge in [0.25, 0.3) is 5.91 Å². The summed E-state index contributed by atoms with van der Waals surface area (Å²) in [5, 5.41) is 5.70. The highest BCUT2D eigenvalue weighted by molar-refractivity contribution is 7.89. The van der Waals surface area contributed by atoms with Crippen molar-refractivity contribution in [3.05, 3.63) is 52.8 Å². The van der Waals surface area contributed by atoms with E-state index >= 15 is 0 Å². The summed E-state index contributed by atoms with van der Waals surface area (Å²) in [4.78, 5) is 12.6. The number of anilines is 1. The van der Waals surface area contributed by atoms with E-state index in [1.165, 1.54) is 31.4 Å². The summed E-state index contributed by atoms with van der Waals surface area (Å²) in [5.41, 5.74) is 0.0485. The Morgan fingerprint density at radius 2 is 2.07 bits per heavy atom. The number of rotatable bonds is 6. The Morgan fingerprint density at radius 3 is 2.75 bits per heavy atom. The van der Waals surface area contributed by atoms with E-state index in [1.54, 1.807) is 0 Å². The van der Waals surface area contributed by atoms with Crippen LogP contribution in [0.25, 0.3) is 0 Å². The van der Waals surface area contributed by atoms with Crippen molar-refractivity contribution < 1.29 is 22.3 Å². The first-order valence-electron chi connectivity index (χ1n) is 8.47. The second-order valence-electron chi connectivity index (χ2n) is 6.25. The normalized spacial score (nSPS) is 16.8. The Morgan fingerprint density at radius 1 is 1.29 bits per heavy atom. The molecule has 0 aromatic heterocycles. The smallest absolute Gasteiger partial charge is 0.259 e. The van der Waals surface area contributed by atoms with Crippen LogP contribution >= 0.6 is 11.6 Å². The van der Waals surface area contributed by atoms with E-state index in [0.717, 1.165) is 18.7 Å². The van der Waals surface area contributed by atoms with Gasteiger partial charge in [0.15, 0.2) is 0 Å². The number of nitrogens with one attached hydrogen (secondary N) is 3. The van der Waals surface area contributed by atoms with Crippen molar-refractivity contribution in [2.45, 2.75) is 17.4 Å². The predicted molar refractivity (Wildman–Crippen MR) is 104 cm³/mol. The first-order chi connectivity index (χ1) is 13.3. The number of hydrogen-bond donors (Lipinski definition) is 3. The van der Waals surface area contributed by atoms with E-state index in [1.807, 2.05) is 0 Å². The van der Waals surface area contributed by atoms with Crippen molar-refractivity contribution >= 4 is 33.2 Å². The lowest BCUT2D eigenvalue weighted by molar-refractivity contribution is 0.102. The molecular weight excluding hydrogens is 409 g/mol. The molecular formula is C18H19ClFN3O4S. The van der Waals surface area contributed by atoms with Gasteiger partial charge in [-0.1, -0.05) is 11.6 Å². The van der Waals surface area contributed by atoms with Crippen LogP contribution in [0.3, 0.4) is 0 Å². The maximum Gasteiger partial charge on any atom is 0.259 e. The monoisotopic (exact) mass is 427 g/mol. The number of methoxy groups -OCH3 is 1. The van der Waals surface area contributed by atoms with Crippen LogP contribution in [0.15, 0.2) is 41.3 Å². The van der Waals surface area contributed by atoms with Gasteiger partial charge >= 0.3 is 0 Å². The number of carbonyl (C=O) groups is 1. The number of amides is 1. The molecule has 0 radical (unpaired) electrons. The lowest BCUT2D eigenvalue weighted by Gasteiger charge is -2.15. The summed E-state index contributed by atoms with van der Waals surface area (Å²) in [6.07, 6.45) is 0.681. The molecule has 0 aliphatic carbocycles. The first-order valence-corrected chi connectivity index (χ1v) is 10.3. The van der Waals surface area contributed by atoms with Crippen LogP contribution in [0.4, 0.5) is 10.1 Å². The molecule has 7 nitrogen and oxygen atoms in total. The molecule has 1 atom stereocenters. The van der Waals surface area contributed by atoms with E-state index < -0.39 is 21.7 Å².